The van der Waals surface area contributed by atoms with Crippen molar-refractivity contribution >= 4 is 24.2 Å². The zero-order chi connectivity index (χ0) is 27.0. The molecule has 1 aliphatic heterocycles. The third-order valence-corrected chi connectivity index (χ3v) is 13.4. The van der Waals surface area contributed by atoms with Gasteiger partial charge in [-0.3, -0.25) is 0 Å². The van der Waals surface area contributed by atoms with E-state index in [0.717, 1.165) is 50.0 Å². The van der Waals surface area contributed by atoms with Crippen LogP contribution in [0.3, 0.4) is 0 Å². The lowest BCUT2D eigenvalue weighted by Crippen LogP contribution is -2.44. The van der Waals surface area contributed by atoms with E-state index < -0.39 is 8.32 Å². The smallest absolute Gasteiger partial charge is 0.250 e. The van der Waals surface area contributed by atoms with E-state index in [0.29, 0.717) is 0 Å². The van der Waals surface area contributed by atoms with Gasteiger partial charge in [-0.05, 0) is 122 Å². The van der Waals surface area contributed by atoms with Crippen LogP contribution in [0.25, 0.3) is 0 Å². The van der Waals surface area contributed by atoms with Crippen LogP contribution in [0, 0.1) is 20.8 Å². The van der Waals surface area contributed by atoms with E-state index in [2.05, 4.69) is 90.5 Å². The van der Waals surface area contributed by atoms with Gasteiger partial charge in [-0.15, -0.1) is 0 Å². The highest BCUT2D eigenvalue weighted by atomic mass is 79.9. The second kappa shape index (κ2) is 10.9. The summed E-state index contributed by atoms with van der Waals surface area (Å²) in [6.07, 6.45) is 7.72. The highest BCUT2D eigenvalue weighted by Gasteiger charge is 2.41. The Balaban J connectivity index is 2.15. The minimum absolute atomic E-state index is 0.160. The number of rotatable bonds is 9. The first kappa shape index (κ1) is 30.4. The molecule has 1 N–H and O–H groups in total. The number of aliphatic hydroxyl groups is 1. The molecule has 2 unspecified atom stereocenters. The van der Waals surface area contributed by atoms with Gasteiger partial charge >= 0.3 is 0 Å². The SMILES string of the molecule is C/C(=C\CCC1(C)CCc2c(C)c(O[Si](C)(C)C(C)(C)C)c(C)c(C)c2O1)CCC(O)C(C)(C)Br. The van der Waals surface area contributed by atoms with Crippen LogP contribution in [0.4, 0.5) is 0 Å². The van der Waals surface area contributed by atoms with Crippen molar-refractivity contribution in [3.8, 4) is 11.5 Å². The van der Waals surface area contributed by atoms with Crippen molar-refractivity contribution in [3.05, 3.63) is 33.9 Å². The minimum Gasteiger partial charge on any atom is -0.543 e. The zero-order valence-electron chi connectivity index (χ0n) is 24.5. The Bertz CT molecular complexity index is 937. The third-order valence-electron chi connectivity index (χ3n) is 8.50. The normalized spacial score (nSPS) is 20.3. The van der Waals surface area contributed by atoms with Crippen LogP contribution in [0.15, 0.2) is 11.6 Å². The fourth-order valence-electron chi connectivity index (χ4n) is 4.45. The Morgan fingerprint density at radius 2 is 1.74 bits per heavy atom. The fourth-order valence-corrected chi connectivity index (χ4v) is 5.80. The van der Waals surface area contributed by atoms with Crippen molar-refractivity contribution in [2.24, 2.45) is 0 Å². The number of alkyl halides is 1. The lowest BCUT2D eigenvalue weighted by molar-refractivity contribution is 0.0559. The van der Waals surface area contributed by atoms with Crippen LogP contribution in [-0.2, 0) is 6.42 Å². The zero-order valence-corrected chi connectivity index (χ0v) is 27.1. The predicted molar refractivity (Wildman–Crippen MR) is 157 cm³/mol. The number of allylic oxidation sites excluding steroid dienone is 2. The molecule has 0 bridgehead atoms. The van der Waals surface area contributed by atoms with E-state index in [1.165, 1.54) is 27.8 Å². The Hall–Kier alpha value is -0.783. The van der Waals surface area contributed by atoms with Crippen molar-refractivity contribution in [1.29, 1.82) is 0 Å². The molecule has 0 amide bonds. The van der Waals surface area contributed by atoms with Gasteiger partial charge in [-0.1, -0.05) is 48.4 Å². The van der Waals surface area contributed by atoms with Gasteiger partial charge in [-0.2, -0.15) is 0 Å². The summed E-state index contributed by atoms with van der Waals surface area (Å²) >= 11 is 3.57. The first-order chi connectivity index (χ1) is 15.8. The molecule has 0 spiro atoms. The maximum absolute atomic E-state index is 10.3. The number of halogens is 1. The monoisotopic (exact) mass is 566 g/mol. The molecule has 200 valence electrons. The highest BCUT2D eigenvalue weighted by Crippen LogP contribution is 2.47. The van der Waals surface area contributed by atoms with Crippen LogP contribution in [0.2, 0.25) is 18.1 Å². The van der Waals surface area contributed by atoms with Crippen LogP contribution in [0.5, 0.6) is 11.5 Å². The molecule has 2 atom stereocenters. The molecule has 5 heteroatoms. The minimum atomic E-state index is -1.92. The largest absolute Gasteiger partial charge is 0.543 e. The van der Waals surface area contributed by atoms with Crippen molar-refractivity contribution < 1.29 is 14.3 Å². The molecule has 35 heavy (non-hydrogen) atoms. The summed E-state index contributed by atoms with van der Waals surface area (Å²) in [6, 6.07) is 0. The molecule has 0 aliphatic carbocycles. The van der Waals surface area contributed by atoms with Gasteiger partial charge in [0.15, 0.2) is 0 Å². The second-order valence-electron chi connectivity index (χ2n) is 13.1. The van der Waals surface area contributed by atoms with Gasteiger partial charge in [0, 0.05) is 9.89 Å². The summed E-state index contributed by atoms with van der Waals surface area (Å²) < 4.78 is 13.4. The lowest BCUT2D eigenvalue weighted by Gasteiger charge is -2.41. The van der Waals surface area contributed by atoms with Crippen molar-refractivity contribution in [2.75, 3.05) is 0 Å². The Kier molecular flexibility index (Phi) is 9.49. The quantitative estimate of drug-likeness (QED) is 0.184. The summed E-state index contributed by atoms with van der Waals surface area (Å²) in [7, 11) is -1.92. The molecule has 1 heterocycles. The van der Waals surface area contributed by atoms with E-state index in [9.17, 15) is 5.11 Å². The molecule has 1 aromatic carbocycles. The number of fused-ring (bicyclic) bond motifs is 1. The van der Waals surface area contributed by atoms with Crippen LogP contribution < -0.4 is 9.16 Å². The maximum Gasteiger partial charge on any atom is 0.250 e. The Morgan fingerprint density at radius 1 is 1.14 bits per heavy atom. The van der Waals surface area contributed by atoms with Gasteiger partial charge in [0.05, 0.1) is 6.10 Å². The molecular weight excluding hydrogens is 516 g/mol. The van der Waals surface area contributed by atoms with Gasteiger partial charge in [0.2, 0.25) is 0 Å². The molecule has 0 radical (unpaired) electrons. The van der Waals surface area contributed by atoms with Crippen LogP contribution in [-0.4, -0.2) is 29.5 Å². The van der Waals surface area contributed by atoms with E-state index in [-0.39, 0.29) is 21.1 Å². The second-order valence-corrected chi connectivity index (χ2v) is 19.9. The molecule has 1 aromatic rings. The fraction of sp³-hybridized carbons (Fsp3) is 0.733. The van der Waals surface area contributed by atoms with Crippen LogP contribution >= 0.6 is 15.9 Å². The first-order valence-electron chi connectivity index (χ1n) is 13.3. The third kappa shape index (κ3) is 7.38. The molecular formula is C30H51BrO3Si. The molecule has 0 saturated carbocycles. The Morgan fingerprint density at radius 3 is 2.29 bits per heavy atom. The van der Waals surface area contributed by atoms with Crippen LogP contribution in [0.1, 0.15) is 103 Å². The standard InChI is InChI=1S/C30H51BrO3Si/c1-20(15-16-25(32)29(8,9)31)14-13-18-30(10)19-17-24-23(4)26(21(2)22(3)27(24)33-30)34-35(11,12)28(5,6)7/h14,25,32H,13,15-19H2,1-12H3/b20-14+. The van der Waals surface area contributed by atoms with Gasteiger partial charge in [-0.25, -0.2) is 0 Å². The highest BCUT2D eigenvalue weighted by molar-refractivity contribution is 9.10. The van der Waals surface area contributed by atoms with E-state index in [1.54, 1.807) is 0 Å². The molecule has 2 rings (SSSR count). The average Bonchev–Trinajstić information content (AvgIpc) is 2.71. The molecule has 1 aliphatic rings. The lowest BCUT2D eigenvalue weighted by atomic mass is 9.85. The summed E-state index contributed by atoms with van der Waals surface area (Å²) in [6.45, 7) is 26.6. The summed E-state index contributed by atoms with van der Waals surface area (Å²) in [5.41, 5.74) is 6.22. The van der Waals surface area contributed by atoms with E-state index >= 15 is 0 Å². The topological polar surface area (TPSA) is 38.7 Å². The first-order valence-corrected chi connectivity index (χ1v) is 17.0. The van der Waals surface area contributed by atoms with Crippen molar-refractivity contribution in [1.82, 2.24) is 0 Å². The van der Waals surface area contributed by atoms with Crippen molar-refractivity contribution in [3.63, 3.8) is 0 Å². The van der Waals surface area contributed by atoms with Crippen molar-refractivity contribution in [2.45, 2.75) is 142 Å². The number of ether oxygens (including phenoxy) is 1. The Labute approximate surface area is 225 Å². The molecule has 0 fully saturated rings. The summed E-state index contributed by atoms with van der Waals surface area (Å²) in [5.74, 6) is 2.17. The molecule has 0 saturated heterocycles. The number of hydrogen-bond acceptors (Lipinski definition) is 3. The van der Waals surface area contributed by atoms with Gasteiger partial charge in [0.1, 0.15) is 17.1 Å². The van der Waals surface area contributed by atoms with E-state index in [4.69, 9.17) is 9.16 Å². The number of aliphatic hydroxyl groups excluding tert-OH is 1. The summed E-state index contributed by atoms with van der Waals surface area (Å²) in [4.78, 5) is 0. The molecule has 3 nitrogen and oxygen atoms in total. The molecule has 0 aromatic heterocycles. The average molecular weight is 568 g/mol. The van der Waals surface area contributed by atoms with E-state index in [1.807, 2.05) is 13.8 Å². The summed E-state index contributed by atoms with van der Waals surface area (Å²) in [5, 5.41) is 10.5. The maximum atomic E-state index is 10.3. The number of hydrogen-bond donors (Lipinski definition) is 1. The predicted octanol–water partition coefficient (Wildman–Crippen LogP) is 9.12. The number of benzene rings is 1. The van der Waals surface area contributed by atoms with Gasteiger partial charge < -0.3 is 14.3 Å². The van der Waals surface area contributed by atoms with Gasteiger partial charge in [0.25, 0.3) is 8.32 Å².